The summed E-state index contributed by atoms with van der Waals surface area (Å²) in [7, 11) is 0. The summed E-state index contributed by atoms with van der Waals surface area (Å²) in [4.78, 5) is 19.7. The third-order valence-corrected chi connectivity index (χ3v) is 1.79. The maximum atomic E-state index is 11.8. The minimum atomic E-state index is -0.437. The van der Waals surface area contributed by atoms with E-state index in [1.165, 1.54) is 0 Å². The third-order valence-electron chi connectivity index (χ3n) is 1.79. The van der Waals surface area contributed by atoms with Crippen LogP contribution in [-0.4, -0.2) is 15.8 Å². The molecule has 0 bridgehead atoms. The Labute approximate surface area is 83.6 Å². The molecule has 0 unspecified atom stereocenters. The number of hydrogen-bond acceptors (Lipinski definition) is 4. The first kappa shape index (κ1) is 10.6. The molecule has 0 saturated heterocycles. The average molecular weight is 193 g/mol. The second-order valence-corrected chi connectivity index (χ2v) is 4.33. The van der Waals surface area contributed by atoms with Gasteiger partial charge in [-0.2, -0.15) is 0 Å². The number of ketones is 1. The SMILES string of the molecule is Cc1cc(C(=O)C(C)(C)C)nc(N)n1. The Hall–Kier alpha value is -1.45. The lowest BCUT2D eigenvalue weighted by Gasteiger charge is -2.15. The monoisotopic (exact) mass is 193 g/mol. The highest BCUT2D eigenvalue weighted by molar-refractivity contribution is 5.98. The van der Waals surface area contributed by atoms with E-state index in [1.54, 1.807) is 13.0 Å². The van der Waals surface area contributed by atoms with Gasteiger partial charge in [-0.15, -0.1) is 0 Å². The Kier molecular flexibility index (Phi) is 2.55. The van der Waals surface area contributed by atoms with E-state index < -0.39 is 5.41 Å². The van der Waals surface area contributed by atoms with Crippen LogP contribution < -0.4 is 5.73 Å². The van der Waals surface area contributed by atoms with E-state index in [2.05, 4.69) is 9.97 Å². The van der Waals surface area contributed by atoms with Crippen LogP contribution in [0.2, 0.25) is 0 Å². The van der Waals surface area contributed by atoms with Crippen molar-refractivity contribution in [1.82, 2.24) is 9.97 Å². The number of hydrogen-bond donors (Lipinski definition) is 1. The molecule has 0 atom stereocenters. The Morgan fingerprint density at radius 3 is 2.36 bits per heavy atom. The predicted octanol–water partition coefficient (Wildman–Crippen LogP) is 1.60. The maximum Gasteiger partial charge on any atom is 0.220 e. The lowest BCUT2D eigenvalue weighted by molar-refractivity contribution is 0.0853. The van der Waals surface area contributed by atoms with Gasteiger partial charge in [0.05, 0.1) is 0 Å². The highest BCUT2D eigenvalue weighted by atomic mass is 16.1. The zero-order valence-electron chi connectivity index (χ0n) is 8.96. The number of nitrogens with two attached hydrogens (primary N) is 1. The molecule has 0 aliphatic rings. The number of rotatable bonds is 1. The summed E-state index contributed by atoms with van der Waals surface area (Å²) in [5.74, 6) is 0.132. The van der Waals surface area contributed by atoms with Crippen LogP contribution in [0.15, 0.2) is 6.07 Å². The van der Waals surface area contributed by atoms with Crippen molar-refractivity contribution in [3.05, 3.63) is 17.5 Å². The average Bonchev–Trinajstić information content (AvgIpc) is 1.99. The van der Waals surface area contributed by atoms with Gasteiger partial charge >= 0.3 is 0 Å². The van der Waals surface area contributed by atoms with Crippen molar-refractivity contribution in [2.45, 2.75) is 27.7 Å². The first-order chi connectivity index (χ1) is 6.30. The Morgan fingerprint density at radius 1 is 1.36 bits per heavy atom. The van der Waals surface area contributed by atoms with E-state index in [9.17, 15) is 4.79 Å². The molecule has 4 nitrogen and oxygen atoms in total. The largest absolute Gasteiger partial charge is 0.368 e. The van der Waals surface area contributed by atoms with Gasteiger partial charge in [-0.3, -0.25) is 4.79 Å². The molecule has 76 valence electrons. The van der Waals surface area contributed by atoms with Crippen LogP contribution in [-0.2, 0) is 0 Å². The molecule has 1 heterocycles. The fourth-order valence-corrected chi connectivity index (χ4v) is 1.09. The number of nitrogen functional groups attached to an aromatic ring is 1. The molecule has 0 aromatic carbocycles. The van der Waals surface area contributed by atoms with E-state index in [0.29, 0.717) is 11.4 Å². The lowest BCUT2D eigenvalue weighted by atomic mass is 9.89. The summed E-state index contributed by atoms with van der Waals surface area (Å²) in [5, 5.41) is 0. The molecule has 0 fully saturated rings. The fourth-order valence-electron chi connectivity index (χ4n) is 1.09. The smallest absolute Gasteiger partial charge is 0.220 e. The molecule has 1 rings (SSSR count). The van der Waals surface area contributed by atoms with Crippen LogP contribution in [0.5, 0.6) is 0 Å². The Bertz CT molecular complexity index is 346. The van der Waals surface area contributed by atoms with Crippen molar-refractivity contribution < 1.29 is 4.79 Å². The first-order valence-corrected chi connectivity index (χ1v) is 4.46. The summed E-state index contributed by atoms with van der Waals surface area (Å²) in [6.45, 7) is 7.34. The highest BCUT2D eigenvalue weighted by Crippen LogP contribution is 2.20. The van der Waals surface area contributed by atoms with Gasteiger partial charge < -0.3 is 5.73 Å². The van der Waals surface area contributed by atoms with Gasteiger partial charge in [-0.05, 0) is 13.0 Å². The first-order valence-electron chi connectivity index (χ1n) is 4.46. The van der Waals surface area contributed by atoms with Gasteiger partial charge in [-0.1, -0.05) is 20.8 Å². The minimum Gasteiger partial charge on any atom is -0.368 e. The number of nitrogens with zero attached hydrogens (tertiary/aromatic N) is 2. The van der Waals surface area contributed by atoms with Crippen molar-refractivity contribution in [2.75, 3.05) is 5.73 Å². The van der Waals surface area contributed by atoms with E-state index in [4.69, 9.17) is 5.73 Å². The normalized spacial score (nSPS) is 11.4. The molecular weight excluding hydrogens is 178 g/mol. The summed E-state index contributed by atoms with van der Waals surface area (Å²) in [6.07, 6.45) is 0. The van der Waals surface area contributed by atoms with Crippen molar-refractivity contribution in [1.29, 1.82) is 0 Å². The van der Waals surface area contributed by atoms with E-state index >= 15 is 0 Å². The summed E-state index contributed by atoms with van der Waals surface area (Å²) >= 11 is 0. The Morgan fingerprint density at radius 2 is 1.93 bits per heavy atom. The number of anilines is 1. The van der Waals surface area contributed by atoms with Crippen molar-refractivity contribution in [3.8, 4) is 0 Å². The van der Waals surface area contributed by atoms with Crippen molar-refractivity contribution in [2.24, 2.45) is 5.41 Å². The van der Waals surface area contributed by atoms with Crippen molar-refractivity contribution in [3.63, 3.8) is 0 Å². The molecule has 2 N–H and O–H groups in total. The topological polar surface area (TPSA) is 68.9 Å². The number of carbonyl (C=O) groups excluding carboxylic acids is 1. The number of aryl methyl sites for hydroxylation is 1. The van der Waals surface area contributed by atoms with E-state index in [-0.39, 0.29) is 11.7 Å². The molecule has 0 spiro atoms. The standard InChI is InChI=1S/C10H15N3O/c1-6-5-7(13-9(11)12-6)8(14)10(2,3)4/h5H,1-4H3,(H2,11,12,13). The van der Waals surface area contributed by atoms with Gasteiger partial charge in [0.1, 0.15) is 5.69 Å². The molecule has 1 aromatic heterocycles. The van der Waals surface area contributed by atoms with E-state index in [1.807, 2.05) is 20.8 Å². The summed E-state index contributed by atoms with van der Waals surface area (Å²) in [5.41, 5.74) is 6.13. The molecular formula is C10H15N3O. The van der Waals surface area contributed by atoms with E-state index in [0.717, 1.165) is 0 Å². The Balaban J connectivity index is 3.14. The second-order valence-electron chi connectivity index (χ2n) is 4.33. The van der Waals surface area contributed by atoms with Crippen LogP contribution in [0.1, 0.15) is 37.0 Å². The molecule has 14 heavy (non-hydrogen) atoms. The third kappa shape index (κ3) is 2.28. The number of carbonyl (C=O) groups is 1. The molecule has 0 aliphatic carbocycles. The quantitative estimate of drug-likeness (QED) is 0.688. The molecule has 0 radical (unpaired) electrons. The second kappa shape index (κ2) is 3.36. The van der Waals surface area contributed by atoms with Gasteiger partial charge in [0.15, 0.2) is 5.78 Å². The molecule has 4 heteroatoms. The molecule has 1 aromatic rings. The van der Waals surface area contributed by atoms with Gasteiger partial charge in [0.25, 0.3) is 0 Å². The lowest BCUT2D eigenvalue weighted by Crippen LogP contribution is -2.22. The predicted molar refractivity (Wildman–Crippen MR) is 55.0 cm³/mol. The van der Waals surface area contributed by atoms with Crippen LogP contribution in [0.3, 0.4) is 0 Å². The molecule has 0 saturated carbocycles. The zero-order valence-corrected chi connectivity index (χ0v) is 8.96. The van der Waals surface area contributed by atoms with Gasteiger partial charge in [-0.25, -0.2) is 9.97 Å². The van der Waals surface area contributed by atoms with Gasteiger partial charge in [0, 0.05) is 11.1 Å². The fraction of sp³-hybridized carbons (Fsp3) is 0.500. The van der Waals surface area contributed by atoms with Crippen LogP contribution in [0, 0.1) is 12.3 Å². The van der Waals surface area contributed by atoms with Crippen molar-refractivity contribution >= 4 is 11.7 Å². The molecule has 0 aliphatic heterocycles. The zero-order chi connectivity index (χ0) is 10.9. The highest BCUT2D eigenvalue weighted by Gasteiger charge is 2.24. The van der Waals surface area contributed by atoms with Crippen LogP contribution in [0.25, 0.3) is 0 Å². The maximum absolute atomic E-state index is 11.8. The number of aromatic nitrogens is 2. The van der Waals surface area contributed by atoms with Crippen LogP contribution >= 0.6 is 0 Å². The minimum absolute atomic E-state index is 0.0188. The number of Topliss-reactive ketones (excluding diaryl/α,β-unsaturated/α-hetero) is 1. The molecule has 0 amide bonds. The van der Waals surface area contributed by atoms with Gasteiger partial charge in [0.2, 0.25) is 5.95 Å². The summed E-state index contributed by atoms with van der Waals surface area (Å²) in [6, 6.07) is 1.66. The van der Waals surface area contributed by atoms with Crippen LogP contribution in [0.4, 0.5) is 5.95 Å². The summed E-state index contributed by atoms with van der Waals surface area (Å²) < 4.78 is 0.